The van der Waals surface area contributed by atoms with Crippen LogP contribution in [0.15, 0.2) is 0 Å². The lowest BCUT2D eigenvalue weighted by molar-refractivity contribution is 0.0496. The summed E-state index contributed by atoms with van der Waals surface area (Å²) in [5, 5.41) is 8.23. The monoisotopic (exact) mass is 176 g/mol. The Morgan fingerprint density at radius 1 is 1.58 bits per heavy atom. The summed E-state index contributed by atoms with van der Waals surface area (Å²) in [5.74, 6) is 0. The Kier molecular flexibility index (Phi) is 6.47. The number of hydrogen-bond donors (Lipinski definition) is 1. The van der Waals surface area contributed by atoms with Crippen LogP contribution < -0.4 is 0 Å². The number of hydrogen-bond acceptors (Lipinski definition) is 3. The van der Waals surface area contributed by atoms with Gasteiger partial charge in [0.1, 0.15) is 6.10 Å². The molecule has 0 aromatic carbocycles. The Morgan fingerprint density at radius 3 is 2.75 bits per heavy atom. The van der Waals surface area contributed by atoms with Crippen LogP contribution in [0.5, 0.6) is 0 Å². The van der Waals surface area contributed by atoms with Gasteiger partial charge in [-0.25, -0.2) is 4.79 Å². The van der Waals surface area contributed by atoms with Crippen LogP contribution in [0, 0.1) is 0 Å². The van der Waals surface area contributed by atoms with Crippen molar-refractivity contribution in [3.8, 4) is 0 Å². The summed E-state index contributed by atoms with van der Waals surface area (Å²) in [6, 6.07) is 0. The van der Waals surface area contributed by atoms with Crippen LogP contribution in [0.3, 0.4) is 0 Å². The minimum absolute atomic E-state index is 0.233. The summed E-state index contributed by atoms with van der Waals surface area (Å²) in [4.78, 5) is 10.0. The molecule has 1 unspecified atom stereocenters. The van der Waals surface area contributed by atoms with E-state index in [1.807, 2.05) is 6.92 Å². The van der Waals surface area contributed by atoms with Crippen molar-refractivity contribution in [1.82, 2.24) is 0 Å². The van der Waals surface area contributed by atoms with Gasteiger partial charge in [-0.15, -0.1) is 0 Å². The fourth-order valence-corrected chi connectivity index (χ4v) is 0.848. The maximum atomic E-state index is 10.0. The van der Waals surface area contributed by atoms with Gasteiger partial charge in [-0.3, -0.25) is 0 Å². The molecule has 4 nitrogen and oxygen atoms in total. The molecule has 0 fully saturated rings. The average Bonchev–Trinajstić information content (AvgIpc) is 1.97. The maximum Gasteiger partial charge on any atom is 0.506 e. The quantitative estimate of drug-likeness (QED) is 0.496. The van der Waals surface area contributed by atoms with Gasteiger partial charge in [-0.2, -0.15) is 0 Å². The molecule has 0 aliphatic heterocycles. The number of ether oxygens (including phenoxy) is 2. The molecule has 0 spiro atoms. The molecule has 0 radical (unpaired) electrons. The van der Waals surface area contributed by atoms with Gasteiger partial charge in [0, 0.05) is 13.2 Å². The van der Waals surface area contributed by atoms with Crippen LogP contribution in [0.2, 0.25) is 0 Å². The Balaban J connectivity index is 3.19. The second-order valence-corrected chi connectivity index (χ2v) is 2.53. The van der Waals surface area contributed by atoms with Gasteiger partial charge in [-0.05, 0) is 26.7 Å². The lowest BCUT2D eigenvalue weighted by Crippen LogP contribution is -2.13. The molecule has 0 heterocycles. The highest BCUT2D eigenvalue weighted by molar-refractivity contribution is 5.56. The molecule has 4 heteroatoms. The van der Waals surface area contributed by atoms with E-state index in [1.54, 1.807) is 6.92 Å². The molecule has 0 rings (SSSR count). The van der Waals surface area contributed by atoms with E-state index in [1.165, 1.54) is 0 Å². The summed E-state index contributed by atoms with van der Waals surface area (Å²) in [6.07, 6.45) is 0.107. The lowest BCUT2D eigenvalue weighted by atomic mass is 10.2. The number of carbonyl (C=O) groups is 1. The topological polar surface area (TPSA) is 55.8 Å². The third-order valence-electron chi connectivity index (χ3n) is 1.41. The minimum atomic E-state index is -1.21. The lowest BCUT2D eigenvalue weighted by Gasteiger charge is -2.09. The minimum Gasteiger partial charge on any atom is -0.450 e. The highest BCUT2D eigenvalue weighted by Gasteiger charge is 2.05. The number of rotatable bonds is 6. The van der Waals surface area contributed by atoms with Crippen LogP contribution in [0.25, 0.3) is 0 Å². The largest absolute Gasteiger partial charge is 0.506 e. The van der Waals surface area contributed by atoms with Crippen molar-refractivity contribution in [2.75, 3.05) is 13.2 Å². The predicted molar refractivity (Wildman–Crippen MR) is 44.3 cm³/mol. The number of carboxylic acid groups (broad SMARTS) is 1. The highest BCUT2D eigenvalue weighted by Crippen LogP contribution is 2.01. The Labute approximate surface area is 72.5 Å². The first-order valence-corrected chi connectivity index (χ1v) is 4.14. The average molecular weight is 176 g/mol. The first-order chi connectivity index (χ1) is 5.66. The van der Waals surface area contributed by atoms with Crippen LogP contribution in [0.4, 0.5) is 4.79 Å². The second kappa shape index (κ2) is 6.91. The van der Waals surface area contributed by atoms with E-state index in [-0.39, 0.29) is 6.10 Å². The van der Waals surface area contributed by atoms with Crippen LogP contribution in [-0.4, -0.2) is 30.6 Å². The summed E-state index contributed by atoms with van der Waals surface area (Å²) in [7, 11) is 0. The van der Waals surface area contributed by atoms with Gasteiger partial charge in [0.05, 0.1) is 0 Å². The smallest absolute Gasteiger partial charge is 0.450 e. The molecular formula is C8H16O4. The van der Waals surface area contributed by atoms with Crippen molar-refractivity contribution in [1.29, 1.82) is 0 Å². The third-order valence-corrected chi connectivity index (χ3v) is 1.41. The van der Waals surface area contributed by atoms with Gasteiger partial charge < -0.3 is 14.6 Å². The second-order valence-electron chi connectivity index (χ2n) is 2.53. The molecule has 0 aliphatic carbocycles. The Morgan fingerprint density at radius 2 is 2.25 bits per heavy atom. The molecule has 0 aromatic heterocycles. The van der Waals surface area contributed by atoms with E-state index < -0.39 is 6.16 Å². The highest BCUT2D eigenvalue weighted by atomic mass is 16.7. The fraction of sp³-hybridized carbons (Fsp3) is 0.875. The maximum absolute atomic E-state index is 10.0. The van der Waals surface area contributed by atoms with Crippen molar-refractivity contribution in [3.05, 3.63) is 0 Å². The molecule has 0 aliphatic rings. The van der Waals surface area contributed by atoms with Crippen molar-refractivity contribution < 1.29 is 19.4 Å². The SMILES string of the molecule is CCOCCCC(C)OC(=O)O. The van der Waals surface area contributed by atoms with E-state index >= 15 is 0 Å². The first-order valence-electron chi connectivity index (χ1n) is 4.14. The summed E-state index contributed by atoms with van der Waals surface area (Å²) >= 11 is 0. The molecule has 0 saturated heterocycles. The van der Waals surface area contributed by atoms with E-state index in [0.717, 1.165) is 6.42 Å². The first kappa shape index (κ1) is 11.2. The van der Waals surface area contributed by atoms with Crippen molar-refractivity contribution in [2.24, 2.45) is 0 Å². The normalized spacial score (nSPS) is 12.5. The van der Waals surface area contributed by atoms with Gasteiger partial charge in [0.2, 0.25) is 0 Å². The van der Waals surface area contributed by atoms with Gasteiger partial charge in [-0.1, -0.05) is 0 Å². The van der Waals surface area contributed by atoms with Crippen LogP contribution >= 0.6 is 0 Å². The summed E-state index contributed by atoms with van der Waals surface area (Å²) in [6.45, 7) is 5.04. The zero-order valence-corrected chi connectivity index (χ0v) is 7.58. The molecule has 1 N–H and O–H groups in total. The van der Waals surface area contributed by atoms with E-state index in [2.05, 4.69) is 4.74 Å². The molecule has 1 atom stereocenters. The molecule has 0 aromatic rings. The van der Waals surface area contributed by atoms with Crippen molar-refractivity contribution >= 4 is 6.16 Å². The standard InChI is InChI=1S/C8H16O4/c1-3-11-6-4-5-7(2)12-8(9)10/h7H,3-6H2,1-2H3,(H,9,10). The summed E-state index contributed by atoms with van der Waals surface area (Å²) < 4.78 is 9.58. The molecular weight excluding hydrogens is 160 g/mol. The Hall–Kier alpha value is -0.770. The molecule has 0 bridgehead atoms. The van der Waals surface area contributed by atoms with Gasteiger partial charge >= 0.3 is 6.16 Å². The molecule has 12 heavy (non-hydrogen) atoms. The predicted octanol–water partition coefficient (Wildman–Crippen LogP) is 1.89. The zero-order chi connectivity index (χ0) is 9.40. The van der Waals surface area contributed by atoms with E-state index in [4.69, 9.17) is 9.84 Å². The fourth-order valence-electron chi connectivity index (χ4n) is 0.848. The van der Waals surface area contributed by atoms with Crippen LogP contribution in [0.1, 0.15) is 26.7 Å². The van der Waals surface area contributed by atoms with Gasteiger partial charge in [0.15, 0.2) is 0 Å². The van der Waals surface area contributed by atoms with E-state index in [9.17, 15) is 4.79 Å². The van der Waals surface area contributed by atoms with Crippen molar-refractivity contribution in [2.45, 2.75) is 32.8 Å². The summed E-state index contributed by atoms with van der Waals surface area (Å²) in [5.41, 5.74) is 0. The van der Waals surface area contributed by atoms with Crippen molar-refractivity contribution in [3.63, 3.8) is 0 Å². The molecule has 0 saturated carbocycles. The van der Waals surface area contributed by atoms with Gasteiger partial charge in [0.25, 0.3) is 0 Å². The van der Waals surface area contributed by atoms with Crippen LogP contribution in [-0.2, 0) is 9.47 Å². The molecule has 72 valence electrons. The Bertz CT molecular complexity index is 124. The zero-order valence-electron chi connectivity index (χ0n) is 7.58. The van der Waals surface area contributed by atoms with E-state index in [0.29, 0.717) is 19.6 Å². The third kappa shape index (κ3) is 7.34. The molecule has 0 amide bonds.